The lowest BCUT2D eigenvalue weighted by Gasteiger charge is -2.32. The highest BCUT2D eigenvalue weighted by atomic mass is 19.1. The minimum Gasteiger partial charge on any atom is -0.399 e. The molecule has 0 aliphatic carbocycles. The summed E-state index contributed by atoms with van der Waals surface area (Å²) in [6, 6.07) is 2.14. The van der Waals surface area contributed by atoms with Gasteiger partial charge >= 0.3 is 7.12 Å². The van der Waals surface area contributed by atoms with Crippen molar-refractivity contribution in [2.24, 2.45) is 0 Å². The second-order valence-electron chi connectivity index (χ2n) is 6.14. The molecule has 0 amide bonds. The van der Waals surface area contributed by atoms with Gasteiger partial charge in [-0.25, -0.2) is 8.78 Å². The van der Waals surface area contributed by atoms with Crippen LogP contribution >= 0.6 is 0 Å². The van der Waals surface area contributed by atoms with Crippen LogP contribution in [-0.4, -0.2) is 23.3 Å². The molecule has 1 aromatic carbocycles. The Bertz CT molecular complexity index is 665. The lowest BCUT2D eigenvalue weighted by atomic mass is 9.79. The zero-order chi connectivity index (χ0) is 14.7. The largest absolute Gasteiger partial charge is 0.497 e. The average Bonchev–Trinajstić information content (AvgIpc) is 2.78. The number of hydrogen-bond donors (Lipinski definition) is 1. The Morgan fingerprint density at radius 2 is 1.65 bits per heavy atom. The number of nitrogens with one attached hydrogen (secondary N) is 1. The third-order valence-corrected chi connectivity index (χ3v) is 4.25. The van der Waals surface area contributed by atoms with Gasteiger partial charge in [0.2, 0.25) is 0 Å². The van der Waals surface area contributed by atoms with E-state index in [0.29, 0.717) is 10.8 Å². The van der Waals surface area contributed by atoms with Crippen LogP contribution in [0, 0.1) is 11.6 Å². The van der Waals surface area contributed by atoms with Crippen LogP contribution < -0.4 is 5.46 Å². The lowest BCUT2D eigenvalue weighted by Crippen LogP contribution is -2.41. The number of rotatable bonds is 1. The fourth-order valence-electron chi connectivity index (χ4n) is 2.34. The molecule has 3 nitrogen and oxygen atoms in total. The highest BCUT2D eigenvalue weighted by Crippen LogP contribution is 2.37. The summed E-state index contributed by atoms with van der Waals surface area (Å²) in [6.07, 6.45) is 1.61. The number of aromatic amines is 1. The van der Waals surface area contributed by atoms with Crippen LogP contribution in [0.15, 0.2) is 18.3 Å². The second kappa shape index (κ2) is 4.05. The molecule has 2 heterocycles. The summed E-state index contributed by atoms with van der Waals surface area (Å²) in [5, 5.41) is 0.445. The van der Waals surface area contributed by atoms with Gasteiger partial charge in [-0.2, -0.15) is 0 Å². The molecular formula is C14H16BF2NO2. The standard InChI is InChI=1S/C14H16BF2NO2/c1-13(2)14(3,4)20-15(19-13)10-7-18-12-9(10)5-8(16)6-11(12)17/h5-7,18H,1-4H3. The third kappa shape index (κ3) is 1.86. The van der Waals surface area contributed by atoms with E-state index in [4.69, 9.17) is 9.31 Å². The smallest absolute Gasteiger partial charge is 0.399 e. The van der Waals surface area contributed by atoms with Crippen molar-refractivity contribution in [3.8, 4) is 0 Å². The predicted octanol–water partition coefficient (Wildman–Crippen LogP) is 2.75. The van der Waals surface area contributed by atoms with Gasteiger partial charge in [-0.15, -0.1) is 0 Å². The van der Waals surface area contributed by atoms with Gasteiger partial charge in [0.1, 0.15) is 11.6 Å². The Morgan fingerprint density at radius 3 is 2.25 bits per heavy atom. The second-order valence-corrected chi connectivity index (χ2v) is 6.14. The van der Waals surface area contributed by atoms with Crippen molar-refractivity contribution in [2.45, 2.75) is 38.9 Å². The number of halogens is 2. The molecule has 0 bridgehead atoms. The fraction of sp³-hybridized carbons (Fsp3) is 0.429. The number of aromatic nitrogens is 1. The van der Waals surface area contributed by atoms with E-state index in [1.54, 1.807) is 6.20 Å². The molecule has 1 aliphatic rings. The first-order chi connectivity index (χ1) is 9.21. The van der Waals surface area contributed by atoms with Gasteiger partial charge in [0.05, 0.1) is 16.7 Å². The van der Waals surface area contributed by atoms with Crippen molar-refractivity contribution < 1.29 is 18.1 Å². The summed E-state index contributed by atoms with van der Waals surface area (Å²) >= 11 is 0. The van der Waals surface area contributed by atoms with Crippen LogP contribution in [-0.2, 0) is 9.31 Å². The SMILES string of the molecule is CC1(C)OB(c2c[nH]c3c(F)cc(F)cc23)OC1(C)C. The molecule has 1 fully saturated rings. The molecular weight excluding hydrogens is 263 g/mol. The van der Waals surface area contributed by atoms with Crippen molar-refractivity contribution in [3.05, 3.63) is 30.0 Å². The van der Waals surface area contributed by atoms with E-state index < -0.39 is 30.0 Å². The number of hydrogen-bond acceptors (Lipinski definition) is 2. The molecule has 1 aliphatic heterocycles. The molecule has 106 valence electrons. The van der Waals surface area contributed by atoms with Gasteiger partial charge < -0.3 is 14.3 Å². The van der Waals surface area contributed by atoms with Gasteiger partial charge in [-0.1, -0.05) is 0 Å². The highest BCUT2D eigenvalue weighted by Gasteiger charge is 2.52. The molecule has 20 heavy (non-hydrogen) atoms. The minimum absolute atomic E-state index is 0.260. The molecule has 0 atom stereocenters. The Balaban J connectivity index is 2.09. The van der Waals surface area contributed by atoms with Crippen molar-refractivity contribution >= 4 is 23.5 Å². The maximum atomic E-state index is 13.7. The monoisotopic (exact) mass is 279 g/mol. The third-order valence-electron chi connectivity index (χ3n) is 4.25. The molecule has 0 saturated carbocycles. The van der Waals surface area contributed by atoms with E-state index >= 15 is 0 Å². The Morgan fingerprint density at radius 1 is 1.05 bits per heavy atom. The summed E-state index contributed by atoms with van der Waals surface area (Å²) in [6.45, 7) is 7.73. The molecule has 2 aromatic rings. The Hall–Kier alpha value is -1.40. The van der Waals surface area contributed by atoms with Crippen LogP contribution in [0.4, 0.5) is 8.78 Å². The van der Waals surface area contributed by atoms with E-state index in [0.717, 1.165) is 6.07 Å². The highest BCUT2D eigenvalue weighted by molar-refractivity contribution is 6.65. The van der Waals surface area contributed by atoms with Gasteiger partial charge in [0.25, 0.3) is 0 Å². The van der Waals surface area contributed by atoms with Crippen molar-refractivity contribution in [2.75, 3.05) is 0 Å². The van der Waals surface area contributed by atoms with E-state index in [-0.39, 0.29) is 5.52 Å². The van der Waals surface area contributed by atoms with Crippen LogP contribution in [0.5, 0.6) is 0 Å². The summed E-state index contributed by atoms with van der Waals surface area (Å²) in [7, 11) is -0.644. The van der Waals surface area contributed by atoms with Crippen molar-refractivity contribution in [1.29, 1.82) is 0 Å². The van der Waals surface area contributed by atoms with Gasteiger partial charge in [0.15, 0.2) is 0 Å². The quantitative estimate of drug-likeness (QED) is 0.814. The van der Waals surface area contributed by atoms with E-state index in [1.807, 2.05) is 27.7 Å². The molecule has 3 rings (SSSR count). The maximum Gasteiger partial charge on any atom is 0.497 e. The molecule has 1 saturated heterocycles. The predicted molar refractivity (Wildman–Crippen MR) is 73.9 cm³/mol. The Kier molecular flexibility index (Phi) is 2.75. The van der Waals surface area contributed by atoms with Crippen molar-refractivity contribution in [3.63, 3.8) is 0 Å². The maximum absolute atomic E-state index is 13.7. The topological polar surface area (TPSA) is 34.2 Å². The number of fused-ring (bicyclic) bond motifs is 1. The number of benzene rings is 1. The van der Waals surface area contributed by atoms with Crippen molar-refractivity contribution in [1.82, 2.24) is 4.98 Å². The first kappa shape index (κ1) is 13.6. The molecule has 0 spiro atoms. The first-order valence-corrected chi connectivity index (χ1v) is 6.53. The van der Waals surface area contributed by atoms with Crippen LogP contribution in [0.1, 0.15) is 27.7 Å². The lowest BCUT2D eigenvalue weighted by molar-refractivity contribution is 0.00578. The Labute approximate surface area is 116 Å². The fourth-order valence-corrected chi connectivity index (χ4v) is 2.34. The summed E-state index contributed by atoms with van der Waals surface area (Å²) in [5.74, 6) is -1.24. The molecule has 0 unspecified atom stereocenters. The summed E-state index contributed by atoms with van der Waals surface area (Å²) in [4.78, 5) is 2.81. The zero-order valence-corrected chi connectivity index (χ0v) is 11.9. The minimum atomic E-state index is -0.644. The normalized spacial score (nSPS) is 20.8. The van der Waals surface area contributed by atoms with E-state index in [9.17, 15) is 8.78 Å². The zero-order valence-electron chi connectivity index (χ0n) is 11.9. The summed E-state index contributed by atoms with van der Waals surface area (Å²) in [5.41, 5.74) is -0.117. The van der Waals surface area contributed by atoms with Gasteiger partial charge in [-0.05, 0) is 33.8 Å². The van der Waals surface area contributed by atoms with Crippen LogP contribution in [0.25, 0.3) is 10.9 Å². The van der Waals surface area contributed by atoms with E-state index in [2.05, 4.69) is 4.98 Å². The van der Waals surface area contributed by atoms with Crippen LogP contribution in [0.2, 0.25) is 0 Å². The van der Waals surface area contributed by atoms with Gasteiger partial charge in [0, 0.05) is 23.1 Å². The number of H-pyrrole nitrogens is 1. The summed E-state index contributed by atoms with van der Waals surface area (Å²) < 4.78 is 38.9. The van der Waals surface area contributed by atoms with Crippen LogP contribution in [0.3, 0.4) is 0 Å². The average molecular weight is 279 g/mol. The molecule has 1 N–H and O–H groups in total. The van der Waals surface area contributed by atoms with E-state index in [1.165, 1.54) is 6.07 Å². The molecule has 1 aromatic heterocycles. The molecule has 0 radical (unpaired) electrons. The van der Waals surface area contributed by atoms with Gasteiger partial charge in [-0.3, -0.25) is 0 Å². The first-order valence-electron chi connectivity index (χ1n) is 6.53. The molecule has 6 heteroatoms.